The number of carbonyl (C=O) groups excluding carboxylic acids is 1. The molecule has 2 N–H and O–H groups in total. The number of aromatic nitrogens is 1. The van der Waals surface area contributed by atoms with Gasteiger partial charge >= 0.3 is 5.97 Å². The molecule has 6 heteroatoms. The Kier molecular flexibility index (Phi) is 5.12. The predicted molar refractivity (Wildman–Crippen MR) is 95.8 cm³/mol. The molecule has 0 saturated carbocycles. The van der Waals surface area contributed by atoms with Crippen LogP contribution in [0.1, 0.15) is 22.3 Å². The van der Waals surface area contributed by atoms with Crippen molar-refractivity contribution >= 4 is 28.7 Å². The van der Waals surface area contributed by atoms with E-state index in [-0.39, 0.29) is 24.6 Å². The van der Waals surface area contributed by atoms with Gasteiger partial charge in [-0.1, -0.05) is 18.2 Å². The normalized spacial score (nSPS) is 11.1. The van der Waals surface area contributed by atoms with Gasteiger partial charge in [-0.15, -0.1) is 0 Å². The number of hydrogen-bond acceptors (Lipinski definition) is 3. The molecule has 0 saturated heterocycles. The van der Waals surface area contributed by atoms with Crippen molar-refractivity contribution in [2.45, 2.75) is 6.42 Å². The van der Waals surface area contributed by atoms with Gasteiger partial charge in [-0.05, 0) is 42.0 Å². The quantitative estimate of drug-likeness (QED) is 0.496. The van der Waals surface area contributed by atoms with E-state index in [1.54, 1.807) is 42.6 Å². The minimum atomic E-state index is -0.926. The van der Waals surface area contributed by atoms with Crippen molar-refractivity contribution in [3.05, 3.63) is 71.7 Å². The van der Waals surface area contributed by atoms with E-state index in [0.717, 1.165) is 5.56 Å². The minimum absolute atomic E-state index is 0.0767. The molecule has 0 aliphatic rings. The zero-order valence-electron chi connectivity index (χ0n) is 13.7. The molecule has 1 heterocycles. The van der Waals surface area contributed by atoms with Gasteiger partial charge in [-0.3, -0.25) is 9.59 Å². The number of carbonyl (C=O) groups is 2. The Balaban J connectivity index is 1.72. The van der Waals surface area contributed by atoms with E-state index < -0.39 is 5.97 Å². The highest BCUT2D eigenvalue weighted by Gasteiger charge is 2.10. The van der Waals surface area contributed by atoms with Crippen LogP contribution >= 0.6 is 0 Å². The van der Waals surface area contributed by atoms with Gasteiger partial charge in [0.1, 0.15) is 11.6 Å². The summed E-state index contributed by atoms with van der Waals surface area (Å²) in [7, 11) is 0. The van der Waals surface area contributed by atoms with E-state index in [0.29, 0.717) is 22.2 Å². The summed E-state index contributed by atoms with van der Waals surface area (Å²) < 4.78 is 18.6. The van der Waals surface area contributed by atoms with E-state index in [4.69, 9.17) is 9.84 Å². The number of allylic oxidation sites excluding steroid dienone is 1. The first kappa shape index (κ1) is 17.4. The Morgan fingerprint density at radius 1 is 1.19 bits per heavy atom. The van der Waals surface area contributed by atoms with Crippen molar-refractivity contribution in [1.29, 1.82) is 0 Å². The minimum Gasteiger partial charge on any atom is -0.493 e. The molecule has 3 aromatic rings. The Morgan fingerprint density at radius 3 is 2.85 bits per heavy atom. The van der Waals surface area contributed by atoms with Crippen LogP contribution in [-0.2, 0) is 4.79 Å². The molecule has 132 valence electrons. The summed E-state index contributed by atoms with van der Waals surface area (Å²) in [4.78, 5) is 25.8. The molecule has 0 atom stereocenters. The molecule has 1 aromatic heterocycles. The lowest BCUT2D eigenvalue weighted by molar-refractivity contribution is -0.137. The number of aromatic amines is 1. The second-order valence-corrected chi connectivity index (χ2v) is 5.65. The molecule has 0 radical (unpaired) electrons. The van der Waals surface area contributed by atoms with Crippen LogP contribution < -0.4 is 4.74 Å². The van der Waals surface area contributed by atoms with Crippen molar-refractivity contribution < 1.29 is 23.8 Å². The van der Waals surface area contributed by atoms with Crippen LogP contribution in [0, 0.1) is 5.82 Å². The Bertz CT molecular complexity index is 990. The third kappa shape index (κ3) is 4.16. The van der Waals surface area contributed by atoms with Gasteiger partial charge in [0.05, 0.1) is 13.0 Å². The van der Waals surface area contributed by atoms with Crippen molar-refractivity contribution in [2.75, 3.05) is 6.61 Å². The molecular formula is C20H16FNO4. The zero-order valence-corrected chi connectivity index (χ0v) is 13.7. The lowest BCUT2D eigenvalue weighted by Gasteiger charge is -2.05. The number of benzene rings is 2. The Labute approximate surface area is 148 Å². The predicted octanol–water partition coefficient (Wildman–Crippen LogP) is 4.06. The standard InChI is InChI=1S/C20H16FNO4/c21-14-5-6-16-17(12-22-18(16)11-14)19(23)7-4-13-2-1-3-15(10-13)26-9-8-20(24)25/h1-7,10-12,22H,8-9H2,(H,24,25)/b7-4+. The molecule has 5 nitrogen and oxygen atoms in total. The molecule has 0 unspecified atom stereocenters. The van der Waals surface area contributed by atoms with E-state index in [2.05, 4.69) is 4.98 Å². The number of ketones is 1. The Morgan fingerprint density at radius 2 is 2.04 bits per heavy atom. The molecule has 0 aliphatic heterocycles. The number of carboxylic acid groups (broad SMARTS) is 1. The summed E-state index contributed by atoms with van der Waals surface area (Å²) in [5, 5.41) is 9.28. The summed E-state index contributed by atoms with van der Waals surface area (Å²) in [6.45, 7) is 0.0767. The maximum Gasteiger partial charge on any atom is 0.306 e. The highest BCUT2D eigenvalue weighted by molar-refractivity contribution is 6.14. The number of rotatable bonds is 7. The van der Waals surface area contributed by atoms with Gasteiger partial charge in [-0.25, -0.2) is 4.39 Å². The summed E-state index contributed by atoms with van der Waals surface area (Å²) in [5.74, 6) is -0.970. The fourth-order valence-electron chi connectivity index (χ4n) is 2.53. The fraction of sp³-hybridized carbons (Fsp3) is 0.100. The van der Waals surface area contributed by atoms with Gasteiger partial charge < -0.3 is 14.8 Å². The van der Waals surface area contributed by atoms with Gasteiger partial charge in [0, 0.05) is 22.7 Å². The number of carboxylic acids is 1. The lowest BCUT2D eigenvalue weighted by atomic mass is 10.1. The van der Waals surface area contributed by atoms with E-state index in [9.17, 15) is 14.0 Å². The summed E-state index contributed by atoms with van der Waals surface area (Å²) >= 11 is 0. The van der Waals surface area contributed by atoms with E-state index >= 15 is 0 Å². The molecule has 0 bridgehead atoms. The topological polar surface area (TPSA) is 79.4 Å². The molecule has 2 aromatic carbocycles. The number of nitrogens with one attached hydrogen (secondary N) is 1. The van der Waals surface area contributed by atoms with Crippen LogP contribution in [0.5, 0.6) is 5.75 Å². The van der Waals surface area contributed by atoms with Crippen LogP contribution in [0.25, 0.3) is 17.0 Å². The van der Waals surface area contributed by atoms with Crippen molar-refractivity contribution in [1.82, 2.24) is 4.98 Å². The highest BCUT2D eigenvalue weighted by atomic mass is 19.1. The van der Waals surface area contributed by atoms with E-state index in [1.807, 2.05) is 0 Å². The smallest absolute Gasteiger partial charge is 0.306 e. The summed E-state index contributed by atoms with van der Waals surface area (Å²) in [6, 6.07) is 11.2. The second-order valence-electron chi connectivity index (χ2n) is 5.65. The SMILES string of the molecule is O=C(O)CCOc1cccc(/C=C/C(=O)c2c[nH]c3cc(F)ccc23)c1. The molecular weight excluding hydrogens is 337 g/mol. The molecule has 0 amide bonds. The van der Waals surface area contributed by atoms with Crippen molar-refractivity contribution in [3.63, 3.8) is 0 Å². The lowest BCUT2D eigenvalue weighted by Crippen LogP contribution is -2.04. The van der Waals surface area contributed by atoms with Crippen molar-refractivity contribution in [3.8, 4) is 5.75 Å². The first-order chi connectivity index (χ1) is 12.5. The van der Waals surface area contributed by atoms with Gasteiger partial charge in [0.15, 0.2) is 5.78 Å². The molecule has 26 heavy (non-hydrogen) atoms. The number of H-pyrrole nitrogens is 1. The molecule has 0 aliphatic carbocycles. The van der Waals surface area contributed by atoms with Crippen LogP contribution in [0.3, 0.4) is 0 Å². The first-order valence-corrected chi connectivity index (χ1v) is 7.96. The second kappa shape index (κ2) is 7.65. The third-order valence-electron chi connectivity index (χ3n) is 3.78. The Hall–Kier alpha value is -3.41. The number of fused-ring (bicyclic) bond motifs is 1. The number of halogens is 1. The highest BCUT2D eigenvalue weighted by Crippen LogP contribution is 2.21. The number of aliphatic carboxylic acids is 1. The molecule has 0 fully saturated rings. The number of hydrogen-bond donors (Lipinski definition) is 2. The van der Waals surface area contributed by atoms with Crippen LogP contribution in [-0.4, -0.2) is 28.4 Å². The molecule has 3 rings (SSSR count). The van der Waals surface area contributed by atoms with Crippen LogP contribution in [0.15, 0.2) is 54.7 Å². The van der Waals surface area contributed by atoms with Crippen LogP contribution in [0.2, 0.25) is 0 Å². The zero-order chi connectivity index (χ0) is 18.5. The monoisotopic (exact) mass is 353 g/mol. The summed E-state index contributed by atoms with van der Waals surface area (Å²) in [6.07, 6.45) is 4.55. The van der Waals surface area contributed by atoms with Gasteiger partial charge in [0.2, 0.25) is 0 Å². The first-order valence-electron chi connectivity index (χ1n) is 7.96. The fourth-order valence-corrected chi connectivity index (χ4v) is 2.53. The average Bonchev–Trinajstić information content (AvgIpc) is 3.03. The van der Waals surface area contributed by atoms with Crippen LogP contribution in [0.4, 0.5) is 4.39 Å². The van der Waals surface area contributed by atoms with Gasteiger partial charge in [-0.2, -0.15) is 0 Å². The maximum atomic E-state index is 13.2. The van der Waals surface area contributed by atoms with Crippen molar-refractivity contribution in [2.24, 2.45) is 0 Å². The average molecular weight is 353 g/mol. The van der Waals surface area contributed by atoms with Gasteiger partial charge in [0.25, 0.3) is 0 Å². The third-order valence-corrected chi connectivity index (χ3v) is 3.78. The number of ether oxygens (including phenoxy) is 1. The van der Waals surface area contributed by atoms with E-state index in [1.165, 1.54) is 18.2 Å². The summed E-state index contributed by atoms with van der Waals surface area (Å²) in [5.41, 5.74) is 1.78. The largest absolute Gasteiger partial charge is 0.493 e. The molecule has 0 spiro atoms. The maximum absolute atomic E-state index is 13.2.